The van der Waals surface area contributed by atoms with Gasteiger partial charge in [-0.05, 0) is 36.3 Å². The molecule has 1 atom stereocenters. The number of hydrogen-bond acceptors (Lipinski definition) is 1. The van der Waals surface area contributed by atoms with Gasteiger partial charge in [-0.25, -0.2) is 4.39 Å². The zero-order chi connectivity index (χ0) is 13.8. The third kappa shape index (κ3) is 4.27. The minimum atomic E-state index is -0.220. The fourth-order valence-corrected chi connectivity index (χ4v) is 2.14. The predicted octanol–water partition coefficient (Wildman–Crippen LogP) is 4.97. The minimum Gasteiger partial charge on any atom is -0.494 e. The molecule has 0 heterocycles. The predicted molar refractivity (Wildman–Crippen MR) is 78.1 cm³/mol. The SMILES string of the molecule is COc1cccc(CCCC(Br)C(C)(C)C)c1F. The van der Waals surface area contributed by atoms with E-state index in [1.165, 1.54) is 7.11 Å². The lowest BCUT2D eigenvalue weighted by molar-refractivity contribution is 0.375. The molecule has 0 radical (unpaired) electrons. The second-order valence-corrected chi connectivity index (χ2v) is 6.76. The summed E-state index contributed by atoms with van der Waals surface area (Å²) in [4.78, 5) is 0.457. The van der Waals surface area contributed by atoms with Gasteiger partial charge in [0, 0.05) is 4.83 Å². The van der Waals surface area contributed by atoms with Crippen LogP contribution < -0.4 is 4.74 Å². The number of methoxy groups -OCH3 is 1. The van der Waals surface area contributed by atoms with E-state index < -0.39 is 0 Å². The molecule has 0 bridgehead atoms. The van der Waals surface area contributed by atoms with Gasteiger partial charge in [-0.1, -0.05) is 48.8 Å². The normalized spacial score (nSPS) is 13.4. The van der Waals surface area contributed by atoms with E-state index in [1.54, 1.807) is 6.07 Å². The maximum absolute atomic E-state index is 13.9. The first-order chi connectivity index (χ1) is 8.36. The Morgan fingerprint density at radius 1 is 1.33 bits per heavy atom. The van der Waals surface area contributed by atoms with E-state index >= 15 is 0 Å². The quantitative estimate of drug-likeness (QED) is 0.697. The Morgan fingerprint density at radius 3 is 2.56 bits per heavy atom. The summed E-state index contributed by atoms with van der Waals surface area (Å²) in [5.41, 5.74) is 0.982. The van der Waals surface area contributed by atoms with Crippen molar-refractivity contribution in [1.29, 1.82) is 0 Å². The largest absolute Gasteiger partial charge is 0.494 e. The Hall–Kier alpha value is -0.570. The lowest BCUT2D eigenvalue weighted by Crippen LogP contribution is -2.20. The van der Waals surface area contributed by atoms with Gasteiger partial charge < -0.3 is 4.74 Å². The fourth-order valence-electron chi connectivity index (χ4n) is 1.81. The number of alkyl halides is 1. The van der Waals surface area contributed by atoms with Crippen LogP contribution in [0.5, 0.6) is 5.75 Å². The smallest absolute Gasteiger partial charge is 0.168 e. The van der Waals surface area contributed by atoms with Crippen molar-refractivity contribution in [3.63, 3.8) is 0 Å². The molecule has 1 aromatic rings. The summed E-state index contributed by atoms with van der Waals surface area (Å²) >= 11 is 3.70. The molecule has 3 heteroatoms. The number of ether oxygens (including phenoxy) is 1. The van der Waals surface area contributed by atoms with Crippen LogP contribution in [-0.4, -0.2) is 11.9 Å². The van der Waals surface area contributed by atoms with Gasteiger partial charge in [0.05, 0.1) is 7.11 Å². The van der Waals surface area contributed by atoms with Gasteiger partial charge in [-0.15, -0.1) is 0 Å². The molecule has 0 aliphatic heterocycles. The van der Waals surface area contributed by atoms with E-state index in [4.69, 9.17) is 4.74 Å². The van der Waals surface area contributed by atoms with Crippen LogP contribution in [0, 0.1) is 11.2 Å². The van der Waals surface area contributed by atoms with Crippen molar-refractivity contribution in [3.05, 3.63) is 29.6 Å². The molecule has 0 saturated carbocycles. The first kappa shape index (κ1) is 15.5. The Bertz CT molecular complexity index is 385. The zero-order valence-corrected chi connectivity index (χ0v) is 13.2. The molecular weight excluding hydrogens is 295 g/mol. The number of aryl methyl sites for hydroxylation is 1. The molecule has 0 amide bonds. The molecule has 102 valence electrons. The lowest BCUT2D eigenvalue weighted by Gasteiger charge is -2.25. The van der Waals surface area contributed by atoms with E-state index in [0.29, 0.717) is 10.6 Å². The molecule has 1 rings (SSSR count). The molecule has 0 aliphatic rings. The number of benzene rings is 1. The average molecular weight is 317 g/mol. The van der Waals surface area contributed by atoms with Gasteiger partial charge in [0.25, 0.3) is 0 Å². The summed E-state index contributed by atoms with van der Waals surface area (Å²) in [7, 11) is 1.50. The zero-order valence-electron chi connectivity index (χ0n) is 11.6. The van der Waals surface area contributed by atoms with Crippen LogP contribution in [0.3, 0.4) is 0 Å². The van der Waals surface area contributed by atoms with Crippen molar-refractivity contribution in [2.75, 3.05) is 7.11 Å². The van der Waals surface area contributed by atoms with Crippen LogP contribution in [0.25, 0.3) is 0 Å². The van der Waals surface area contributed by atoms with Crippen LogP contribution in [0.1, 0.15) is 39.2 Å². The number of halogens is 2. The molecule has 0 spiro atoms. The van der Waals surface area contributed by atoms with Crippen molar-refractivity contribution < 1.29 is 9.13 Å². The fraction of sp³-hybridized carbons (Fsp3) is 0.600. The summed E-state index contributed by atoms with van der Waals surface area (Å²) in [6.07, 6.45) is 2.76. The summed E-state index contributed by atoms with van der Waals surface area (Å²) in [6.45, 7) is 6.62. The number of hydrogen-bond donors (Lipinski definition) is 0. The van der Waals surface area contributed by atoms with Gasteiger partial charge in [-0.3, -0.25) is 0 Å². The highest BCUT2D eigenvalue weighted by atomic mass is 79.9. The highest BCUT2D eigenvalue weighted by molar-refractivity contribution is 9.09. The van der Waals surface area contributed by atoms with Crippen molar-refractivity contribution in [2.45, 2.75) is 44.9 Å². The molecule has 0 N–H and O–H groups in total. The van der Waals surface area contributed by atoms with Crippen molar-refractivity contribution in [3.8, 4) is 5.75 Å². The summed E-state index contributed by atoms with van der Waals surface area (Å²) in [5.74, 6) is 0.112. The van der Waals surface area contributed by atoms with Crippen LogP contribution >= 0.6 is 15.9 Å². The second-order valence-electron chi connectivity index (χ2n) is 5.66. The highest BCUT2D eigenvalue weighted by Crippen LogP contribution is 2.30. The van der Waals surface area contributed by atoms with Crippen LogP contribution in [-0.2, 0) is 6.42 Å². The molecule has 0 fully saturated rings. The Labute approximate surface area is 118 Å². The van der Waals surface area contributed by atoms with E-state index in [2.05, 4.69) is 36.7 Å². The topological polar surface area (TPSA) is 9.23 Å². The summed E-state index contributed by atoms with van der Waals surface area (Å²) < 4.78 is 18.9. The molecule has 0 aromatic heterocycles. The molecule has 0 aliphatic carbocycles. The molecule has 18 heavy (non-hydrogen) atoms. The molecule has 0 saturated heterocycles. The van der Waals surface area contributed by atoms with Crippen LogP contribution in [0.2, 0.25) is 0 Å². The van der Waals surface area contributed by atoms with Crippen molar-refractivity contribution >= 4 is 15.9 Å². The summed E-state index contributed by atoms with van der Waals surface area (Å²) in [6, 6.07) is 5.33. The maximum Gasteiger partial charge on any atom is 0.168 e. The van der Waals surface area contributed by atoms with Crippen LogP contribution in [0.15, 0.2) is 18.2 Å². The summed E-state index contributed by atoms with van der Waals surface area (Å²) in [5, 5.41) is 0. The molecular formula is C15H22BrFO. The monoisotopic (exact) mass is 316 g/mol. The second kappa shape index (κ2) is 6.55. The van der Waals surface area contributed by atoms with E-state index in [-0.39, 0.29) is 11.2 Å². The van der Waals surface area contributed by atoms with E-state index in [9.17, 15) is 4.39 Å². The van der Waals surface area contributed by atoms with Gasteiger partial charge in [-0.2, -0.15) is 0 Å². The average Bonchev–Trinajstić information content (AvgIpc) is 2.30. The third-order valence-corrected chi connectivity index (χ3v) is 4.94. The van der Waals surface area contributed by atoms with Gasteiger partial charge in [0.1, 0.15) is 0 Å². The lowest BCUT2D eigenvalue weighted by atomic mass is 9.89. The van der Waals surface area contributed by atoms with E-state index in [1.807, 2.05) is 12.1 Å². The molecule has 1 nitrogen and oxygen atoms in total. The minimum absolute atomic E-state index is 0.220. The Balaban J connectivity index is 2.55. The van der Waals surface area contributed by atoms with E-state index in [0.717, 1.165) is 24.8 Å². The van der Waals surface area contributed by atoms with Crippen molar-refractivity contribution in [2.24, 2.45) is 5.41 Å². The molecule has 1 unspecified atom stereocenters. The Morgan fingerprint density at radius 2 is 2.00 bits per heavy atom. The van der Waals surface area contributed by atoms with Gasteiger partial charge >= 0.3 is 0 Å². The number of rotatable bonds is 5. The maximum atomic E-state index is 13.9. The van der Waals surface area contributed by atoms with Gasteiger partial charge in [0.15, 0.2) is 11.6 Å². The Kier molecular flexibility index (Phi) is 5.64. The van der Waals surface area contributed by atoms with Crippen molar-refractivity contribution in [1.82, 2.24) is 0 Å². The first-order valence-corrected chi connectivity index (χ1v) is 7.23. The molecule has 1 aromatic carbocycles. The third-order valence-electron chi connectivity index (χ3n) is 3.11. The first-order valence-electron chi connectivity index (χ1n) is 6.31. The van der Waals surface area contributed by atoms with Crippen LogP contribution in [0.4, 0.5) is 4.39 Å². The standard InChI is InChI=1S/C15H22BrFO/c1-15(2,3)13(16)10-6-8-11-7-5-9-12(18-4)14(11)17/h5,7,9,13H,6,8,10H2,1-4H3. The highest BCUT2D eigenvalue weighted by Gasteiger charge is 2.21. The van der Waals surface area contributed by atoms with Gasteiger partial charge in [0.2, 0.25) is 0 Å².